The molecule has 1 N–H and O–H groups in total. The molecule has 2 aliphatic rings. The van der Waals surface area contributed by atoms with Gasteiger partial charge in [0.1, 0.15) is 0 Å². The summed E-state index contributed by atoms with van der Waals surface area (Å²) in [5.74, 6) is 0. The highest BCUT2D eigenvalue weighted by molar-refractivity contribution is 5.99. The van der Waals surface area contributed by atoms with Crippen LogP contribution in [0.15, 0.2) is 183 Å². The first-order valence-electron chi connectivity index (χ1n) is 17.6. The summed E-state index contributed by atoms with van der Waals surface area (Å²) < 4.78 is 0. The zero-order chi connectivity index (χ0) is 34.5. The lowest BCUT2D eigenvalue weighted by molar-refractivity contribution is 0.660. The second-order valence-corrected chi connectivity index (χ2v) is 14.0. The van der Waals surface area contributed by atoms with E-state index in [9.17, 15) is 0 Å². The van der Waals surface area contributed by atoms with Crippen LogP contribution in [0.25, 0.3) is 44.2 Å². The number of anilines is 4. The van der Waals surface area contributed by atoms with Crippen LogP contribution in [0.2, 0.25) is 0 Å². The summed E-state index contributed by atoms with van der Waals surface area (Å²) in [6.07, 6.45) is 6.62. The lowest BCUT2D eigenvalue weighted by atomic mass is 9.82. The SMILES string of the molecule is C=C1/C=C(c2ccc(Nc3cccc4ccccc34)c(-c3ccc4c(c3)-c3ccccc3C4(C)C)c2)\C=C/N(c2ccccc2)c2ccccc21. The summed E-state index contributed by atoms with van der Waals surface area (Å²) in [7, 11) is 0. The first kappa shape index (κ1) is 30.7. The van der Waals surface area contributed by atoms with E-state index in [4.69, 9.17) is 0 Å². The molecule has 0 atom stereocenters. The van der Waals surface area contributed by atoms with Crippen molar-refractivity contribution in [2.75, 3.05) is 10.2 Å². The minimum Gasteiger partial charge on any atom is -0.355 e. The van der Waals surface area contributed by atoms with Gasteiger partial charge in [0.25, 0.3) is 0 Å². The number of rotatable bonds is 5. The molecule has 2 nitrogen and oxygen atoms in total. The third-order valence-corrected chi connectivity index (χ3v) is 10.6. The van der Waals surface area contributed by atoms with Gasteiger partial charge < -0.3 is 10.2 Å². The molecule has 0 radical (unpaired) electrons. The number of nitrogens with zero attached hydrogens (tertiary/aromatic N) is 1. The van der Waals surface area contributed by atoms with Crippen molar-refractivity contribution in [3.8, 4) is 22.3 Å². The highest BCUT2D eigenvalue weighted by atomic mass is 15.1. The third-order valence-electron chi connectivity index (χ3n) is 10.6. The Kier molecular flexibility index (Phi) is 7.33. The zero-order valence-corrected chi connectivity index (χ0v) is 28.9. The fourth-order valence-electron chi connectivity index (χ4n) is 7.94. The summed E-state index contributed by atoms with van der Waals surface area (Å²) >= 11 is 0. The first-order valence-corrected chi connectivity index (χ1v) is 17.6. The molecule has 0 unspecified atom stereocenters. The number of hydrogen-bond donors (Lipinski definition) is 1. The molecule has 0 aromatic heterocycles. The highest BCUT2D eigenvalue weighted by Crippen LogP contribution is 2.50. The third kappa shape index (κ3) is 5.28. The number of allylic oxidation sites excluding steroid dienone is 4. The minimum absolute atomic E-state index is 0.0495. The first-order chi connectivity index (χ1) is 25.0. The monoisotopic (exact) mass is 654 g/mol. The van der Waals surface area contributed by atoms with Crippen molar-refractivity contribution in [1.29, 1.82) is 0 Å². The van der Waals surface area contributed by atoms with E-state index in [-0.39, 0.29) is 5.41 Å². The van der Waals surface area contributed by atoms with E-state index in [1.165, 1.54) is 38.6 Å². The number of nitrogens with one attached hydrogen (secondary N) is 1. The van der Waals surface area contributed by atoms with Gasteiger partial charge in [-0.3, -0.25) is 0 Å². The van der Waals surface area contributed by atoms with Crippen molar-refractivity contribution in [3.63, 3.8) is 0 Å². The van der Waals surface area contributed by atoms with Gasteiger partial charge in [0.15, 0.2) is 0 Å². The predicted molar refractivity (Wildman–Crippen MR) is 218 cm³/mol. The molecule has 7 aromatic rings. The minimum atomic E-state index is -0.0495. The molecular formula is C49H38N2. The van der Waals surface area contributed by atoms with Crippen LogP contribution in [0, 0.1) is 0 Å². The number of fused-ring (bicyclic) bond motifs is 5. The standard InChI is InChI=1S/C49H38N2/c1-33-30-36(28-29-51(38-16-5-4-6-17-38)48-23-12-10-18-39(33)48)35-25-27-47(50-46-22-13-15-34-14-7-8-19-40(34)46)42(31-35)37-24-26-45-43(32-37)41-20-9-11-21-44(41)49(45,2)3/h4-32,50H,1H2,2-3H3/b29-28-,36-30+. The van der Waals surface area contributed by atoms with Gasteiger partial charge in [0.2, 0.25) is 0 Å². The molecule has 0 spiro atoms. The van der Waals surface area contributed by atoms with E-state index < -0.39 is 0 Å². The molecule has 1 aliphatic heterocycles. The Morgan fingerprint density at radius 3 is 2.12 bits per heavy atom. The van der Waals surface area contributed by atoms with Crippen LogP contribution in [0.5, 0.6) is 0 Å². The Hall–Kier alpha value is -6.38. The molecular weight excluding hydrogens is 617 g/mol. The largest absolute Gasteiger partial charge is 0.355 e. The van der Waals surface area contributed by atoms with Gasteiger partial charge in [-0.2, -0.15) is 0 Å². The van der Waals surface area contributed by atoms with Crippen LogP contribution in [0.1, 0.15) is 36.1 Å². The molecule has 0 bridgehead atoms. The lowest BCUT2D eigenvalue weighted by Crippen LogP contribution is -2.14. The quantitative estimate of drug-likeness (QED) is 0.199. The Labute approximate surface area is 300 Å². The molecule has 7 aromatic carbocycles. The average molecular weight is 655 g/mol. The summed E-state index contributed by atoms with van der Waals surface area (Å²) in [5, 5.41) is 6.26. The van der Waals surface area contributed by atoms with Crippen LogP contribution in [0.4, 0.5) is 22.7 Å². The Morgan fingerprint density at radius 1 is 0.549 bits per heavy atom. The maximum atomic E-state index is 4.57. The van der Waals surface area contributed by atoms with E-state index in [0.29, 0.717) is 0 Å². The predicted octanol–water partition coefficient (Wildman–Crippen LogP) is 13.3. The maximum absolute atomic E-state index is 4.57. The number of hydrogen-bond acceptors (Lipinski definition) is 2. The Balaban J connectivity index is 1.21. The van der Waals surface area contributed by atoms with Crippen molar-refractivity contribution in [2.24, 2.45) is 0 Å². The number of benzene rings is 7. The second-order valence-electron chi connectivity index (χ2n) is 14.0. The fourth-order valence-corrected chi connectivity index (χ4v) is 7.94. The van der Waals surface area contributed by atoms with Gasteiger partial charge in [-0.25, -0.2) is 0 Å². The fraction of sp³-hybridized carbons (Fsp3) is 0.0612. The van der Waals surface area contributed by atoms with Crippen LogP contribution < -0.4 is 10.2 Å². The molecule has 51 heavy (non-hydrogen) atoms. The molecule has 0 saturated carbocycles. The van der Waals surface area contributed by atoms with E-state index in [2.05, 4.69) is 207 Å². The van der Waals surface area contributed by atoms with Gasteiger partial charge >= 0.3 is 0 Å². The van der Waals surface area contributed by atoms with Crippen molar-refractivity contribution >= 4 is 44.7 Å². The summed E-state index contributed by atoms with van der Waals surface area (Å²) in [6, 6.07) is 56.7. The summed E-state index contributed by atoms with van der Waals surface area (Å²) in [4.78, 5) is 2.25. The van der Waals surface area contributed by atoms with E-state index in [0.717, 1.165) is 50.6 Å². The Bertz CT molecular complexity index is 2550. The van der Waals surface area contributed by atoms with E-state index in [1.807, 2.05) is 0 Å². The molecule has 2 heteroatoms. The van der Waals surface area contributed by atoms with E-state index >= 15 is 0 Å². The molecule has 0 amide bonds. The highest BCUT2D eigenvalue weighted by Gasteiger charge is 2.35. The lowest BCUT2D eigenvalue weighted by Gasteiger charge is -2.26. The molecule has 9 rings (SSSR count). The van der Waals surface area contributed by atoms with Crippen LogP contribution in [0.3, 0.4) is 0 Å². The van der Waals surface area contributed by atoms with Crippen molar-refractivity contribution in [3.05, 3.63) is 205 Å². The van der Waals surface area contributed by atoms with Gasteiger partial charge in [-0.15, -0.1) is 0 Å². The van der Waals surface area contributed by atoms with Crippen LogP contribution in [-0.4, -0.2) is 0 Å². The second kappa shape index (κ2) is 12.2. The molecule has 0 fully saturated rings. The summed E-state index contributed by atoms with van der Waals surface area (Å²) in [6.45, 7) is 9.24. The smallest absolute Gasteiger partial charge is 0.0533 e. The van der Waals surface area contributed by atoms with Gasteiger partial charge in [0.05, 0.1) is 5.69 Å². The molecule has 1 heterocycles. The van der Waals surface area contributed by atoms with Crippen LogP contribution in [-0.2, 0) is 5.41 Å². The topological polar surface area (TPSA) is 15.3 Å². The van der Waals surface area contributed by atoms with Crippen molar-refractivity contribution < 1.29 is 0 Å². The normalized spacial score (nSPS) is 15.9. The van der Waals surface area contributed by atoms with Crippen molar-refractivity contribution in [2.45, 2.75) is 19.3 Å². The summed E-state index contributed by atoms with van der Waals surface area (Å²) in [5.41, 5.74) is 16.3. The van der Waals surface area contributed by atoms with Crippen molar-refractivity contribution in [1.82, 2.24) is 0 Å². The maximum Gasteiger partial charge on any atom is 0.0533 e. The van der Waals surface area contributed by atoms with E-state index in [1.54, 1.807) is 0 Å². The average Bonchev–Trinajstić information content (AvgIpc) is 3.40. The molecule has 1 aliphatic carbocycles. The van der Waals surface area contributed by atoms with Crippen LogP contribution >= 0.6 is 0 Å². The zero-order valence-electron chi connectivity index (χ0n) is 28.9. The van der Waals surface area contributed by atoms with Gasteiger partial charge in [0, 0.05) is 45.2 Å². The molecule has 244 valence electrons. The Morgan fingerprint density at radius 2 is 1.24 bits per heavy atom. The van der Waals surface area contributed by atoms with Gasteiger partial charge in [-0.1, -0.05) is 136 Å². The molecule has 0 saturated heterocycles. The van der Waals surface area contributed by atoms with Gasteiger partial charge in [-0.05, 0) is 105 Å². The number of para-hydroxylation sites is 2.